The van der Waals surface area contributed by atoms with E-state index in [0.29, 0.717) is 29.4 Å². The molecule has 2 saturated heterocycles. The van der Waals surface area contributed by atoms with E-state index >= 15 is 0 Å². The van der Waals surface area contributed by atoms with Crippen LogP contribution in [0.4, 0.5) is 0 Å². The Kier molecular flexibility index (Phi) is 5.78. The van der Waals surface area contributed by atoms with Crippen molar-refractivity contribution in [2.45, 2.75) is 31.7 Å². The van der Waals surface area contributed by atoms with Crippen LogP contribution in [0, 0.1) is 5.92 Å². The van der Waals surface area contributed by atoms with Crippen LogP contribution in [0.2, 0.25) is 5.02 Å². The third-order valence-electron chi connectivity index (χ3n) is 6.10. The molecule has 1 saturated carbocycles. The summed E-state index contributed by atoms with van der Waals surface area (Å²) in [6.45, 7) is 4.67. The van der Waals surface area contributed by atoms with Crippen molar-refractivity contribution in [1.82, 2.24) is 14.7 Å². The summed E-state index contributed by atoms with van der Waals surface area (Å²) in [6.07, 6.45) is 4.30. The number of nitrogens with zero attached hydrogens (tertiary/aromatic N) is 3. The first-order valence-electron chi connectivity index (χ1n) is 10.2. The average Bonchev–Trinajstić information content (AvgIpc) is 3.48. The molecule has 1 aromatic rings. The Labute approximate surface area is 171 Å². The second kappa shape index (κ2) is 8.29. The van der Waals surface area contributed by atoms with Gasteiger partial charge in [0.2, 0.25) is 5.91 Å². The lowest BCUT2D eigenvalue weighted by Crippen LogP contribution is -2.44. The van der Waals surface area contributed by atoms with Crippen molar-refractivity contribution in [3.05, 3.63) is 28.8 Å². The number of rotatable bonds is 5. The summed E-state index contributed by atoms with van der Waals surface area (Å²) in [4.78, 5) is 32.0. The molecule has 0 spiro atoms. The quantitative estimate of drug-likeness (QED) is 0.755. The summed E-state index contributed by atoms with van der Waals surface area (Å²) < 4.78 is 5.34. The highest BCUT2D eigenvalue weighted by atomic mass is 35.5. The largest absolute Gasteiger partial charge is 0.496 e. The lowest BCUT2D eigenvalue weighted by atomic mass is 10.1. The Hall–Kier alpha value is -1.79. The van der Waals surface area contributed by atoms with Crippen molar-refractivity contribution < 1.29 is 14.3 Å². The zero-order valence-corrected chi connectivity index (χ0v) is 17.2. The molecule has 152 valence electrons. The lowest BCUT2D eigenvalue weighted by Gasteiger charge is -2.27. The molecule has 2 amide bonds. The van der Waals surface area contributed by atoms with Crippen LogP contribution in [0.25, 0.3) is 0 Å². The van der Waals surface area contributed by atoms with E-state index in [0.717, 1.165) is 44.9 Å². The number of hydrogen-bond donors (Lipinski definition) is 0. The third kappa shape index (κ3) is 4.13. The molecule has 1 aromatic carbocycles. The zero-order chi connectivity index (χ0) is 19.7. The lowest BCUT2D eigenvalue weighted by molar-refractivity contribution is -0.132. The molecule has 1 unspecified atom stereocenters. The van der Waals surface area contributed by atoms with E-state index < -0.39 is 0 Å². The molecular weight excluding hydrogens is 378 g/mol. The molecule has 0 aromatic heterocycles. The van der Waals surface area contributed by atoms with Crippen molar-refractivity contribution in [1.29, 1.82) is 0 Å². The normalized spacial score (nSPS) is 23.8. The van der Waals surface area contributed by atoms with Crippen LogP contribution < -0.4 is 4.74 Å². The highest BCUT2D eigenvalue weighted by molar-refractivity contribution is 6.31. The van der Waals surface area contributed by atoms with Crippen molar-refractivity contribution in [3.63, 3.8) is 0 Å². The Morgan fingerprint density at radius 3 is 2.71 bits per heavy atom. The molecule has 28 heavy (non-hydrogen) atoms. The van der Waals surface area contributed by atoms with E-state index in [1.165, 1.54) is 12.8 Å². The van der Waals surface area contributed by atoms with Gasteiger partial charge in [0.1, 0.15) is 5.75 Å². The summed E-state index contributed by atoms with van der Waals surface area (Å²) in [5, 5.41) is 0.521. The molecule has 3 fully saturated rings. The van der Waals surface area contributed by atoms with Gasteiger partial charge in [0.15, 0.2) is 0 Å². The van der Waals surface area contributed by atoms with Gasteiger partial charge >= 0.3 is 0 Å². The number of carbonyl (C=O) groups is 2. The minimum Gasteiger partial charge on any atom is -0.496 e. The topological polar surface area (TPSA) is 53.1 Å². The van der Waals surface area contributed by atoms with Gasteiger partial charge < -0.3 is 14.5 Å². The summed E-state index contributed by atoms with van der Waals surface area (Å²) in [6, 6.07) is 5.10. The smallest absolute Gasteiger partial charge is 0.257 e. The van der Waals surface area contributed by atoms with Crippen LogP contribution in [-0.4, -0.2) is 78.9 Å². The molecule has 3 aliphatic rings. The molecule has 0 bridgehead atoms. The predicted octanol–water partition coefficient (Wildman–Crippen LogP) is 2.51. The minimum absolute atomic E-state index is 0.0190. The van der Waals surface area contributed by atoms with Gasteiger partial charge in [-0.3, -0.25) is 14.5 Å². The standard InChI is InChI=1S/C21H28ClN3O3/c1-28-19-6-5-16(22)13-17(19)20(26)24-9-2-8-23(11-12-24)18-7-10-25(21(18)27)14-15-3-4-15/h5-6,13,15,18H,2-4,7-12,14H2,1H3. The molecule has 6 nitrogen and oxygen atoms in total. The Morgan fingerprint density at radius 2 is 1.96 bits per heavy atom. The van der Waals surface area contributed by atoms with Crippen molar-refractivity contribution in [2.75, 3.05) is 46.4 Å². The van der Waals surface area contributed by atoms with Gasteiger partial charge in [-0.2, -0.15) is 0 Å². The monoisotopic (exact) mass is 405 g/mol. The van der Waals surface area contributed by atoms with Crippen molar-refractivity contribution in [3.8, 4) is 5.75 Å². The van der Waals surface area contributed by atoms with E-state index in [2.05, 4.69) is 4.90 Å². The molecular formula is C21H28ClN3O3. The number of methoxy groups -OCH3 is 1. The molecule has 4 rings (SSSR count). The maximum atomic E-state index is 13.1. The van der Waals surface area contributed by atoms with Gasteiger partial charge in [0.25, 0.3) is 5.91 Å². The van der Waals surface area contributed by atoms with E-state index in [1.54, 1.807) is 25.3 Å². The SMILES string of the molecule is COc1ccc(Cl)cc1C(=O)N1CCCN(C2CCN(CC3CC3)C2=O)CC1. The number of hydrogen-bond acceptors (Lipinski definition) is 4. The van der Waals surface area contributed by atoms with E-state index in [9.17, 15) is 9.59 Å². The summed E-state index contributed by atoms with van der Waals surface area (Å²) in [7, 11) is 1.56. The van der Waals surface area contributed by atoms with Crippen LogP contribution in [0.3, 0.4) is 0 Å². The highest BCUT2D eigenvalue weighted by Crippen LogP contribution is 2.32. The molecule has 2 heterocycles. The van der Waals surface area contributed by atoms with Crippen molar-refractivity contribution in [2.24, 2.45) is 5.92 Å². The van der Waals surface area contributed by atoms with Crippen LogP contribution in [0.15, 0.2) is 18.2 Å². The maximum Gasteiger partial charge on any atom is 0.257 e. The average molecular weight is 406 g/mol. The van der Waals surface area contributed by atoms with Crippen LogP contribution >= 0.6 is 11.6 Å². The molecule has 1 aliphatic carbocycles. The fourth-order valence-corrected chi connectivity index (χ4v) is 4.50. The van der Waals surface area contributed by atoms with Gasteiger partial charge in [0, 0.05) is 44.3 Å². The molecule has 0 N–H and O–H groups in total. The zero-order valence-electron chi connectivity index (χ0n) is 16.4. The molecule has 7 heteroatoms. The van der Waals surface area contributed by atoms with Crippen LogP contribution in [0.1, 0.15) is 36.0 Å². The van der Waals surface area contributed by atoms with Crippen LogP contribution in [0.5, 0.6) is 5.75 Å². The number of amides is 2. The maximum absolute atomic E-state index is 13.1. The van der Waals surface area contributed by atoms with Gasteiger partial charge in [-0.15, -0.1) is 0 Å². The number of likely N-dealkylation sites (tertiary alicyclic amines) is 1. The van der Waals surface area contributed by atoms with Gasteiger partial charge in [0.05, 0.1) is 18.7 Å². The summed E-state index contributed by atoms with van der Waals surface area (Å²) in [5.41, 5.74) is 0.496. The van der Waals surface area contributed by atoms with Crippen molar-refractivity contribution >= 4 is 23.4 Å². The molecule has 2 aliphatic heterocycles. The molecule has 0 radical (unpaired) electrons. The van der Waals surface area contributed by atoms with Gasteiger partial charge in [-0.05, 0) is 49.8 Å². The minimum atomic E-state index is -0.0608. The second-order valence-corrected chi connectivity index (χ2v) is 8.49. The van der Waals surface area contributed by atoms with Gasteiger partial charge in [-0.25, -0.2) is 0 Å². The van der Waals surface area contributed by atoms with Crippen LogP contribution in [-0.2, 0) is 4.79 Å². The fraction of sp³-hybridized carbons (Fsp3) is 0.619. The number of benzene rings is 1. The Balaban J connectivity index is 1.39. The predicted molar refractivity (Wildman–Crippen MR) is 108 cm³/mol. The summed E-state index contributed by atoms with van der Waals surface area (Å²) >= 11 is 6.09. The number of halogens is 1. The number of carbonyl (C=O) groups excluding carboxylic acids is 2. The first kappa shape index (κ1) is 19.5. The first-order chi connectivity index (χ1) is 13.6. The Bertz CT molecular complexity index is 752. The van der Waals surface area contributed by atoms with E-state index in [-0.39, 0.29) is 17.9 Å². The van der Waals surface area contributed by atoms with E-state index in [1.807, 2.05) is 9.80 Å². The second-order valence-electron chi connectivity index (χ2n) is 8.06. The Morgan fingerprint density at radius 1 is 1.14 bits per heavy atom. The molecule has 1 atom stereocenters. The fourth-order valence-electron chi connectivity index (χ4n) is 4.32. The third-order valence-corrected chi connectivity index (χ3v) is 6.33. The van der Waals surface area contributed by atoms with Gasteiger partial charge in [-0.1, -0.05) is 11.6 Å². The summed E-state index contributed by atoms with van der Waals surface area (Å²) in [5.74, 6) is 1.49. The number of ether oxygens (including phenoxy) is 1. The first-order valence-corrected chi connectivity index (χ1v) is 10.6. The highest BCUT2D eigenvalue weighted by Gasteiger charge is 2.39. The van der Waals surface area contributed by atoms with E-state index in [4.69, 9.17) is 16.3 Å².